The molecule has 0 radical (unpaired) electrons. The largest absolute Gasteiger partial charge is 0.444 e. The molecule has 0 saturated carbocycles. The Morgan fingerprint density at radius 3 is 2.33 bits per heavy atom. The minimum atomic E-state index is -0.431. The van der Waals surface area contributed by atoms with Crippen molar-refractivity contribution >= 4 is 11.8 Å². The summed E-state index contributed by atoms with van der Waals surface area (Å²) < 4.78 is 5.21. The molecule has 0 fully saturated rings. The van der Waals surface area contributed by atoms with Crippen molar-refractivity contribution in [3.63, 3.8) is 0 Å². The third-order valence-corrected chi connectivity index (χ3v) is 1.90. The molecule has 4 nitrogen and oxygen atoms in total. The van der Waals surface area contributed by atoms with Gasteiger partial charge in [0.25, 0.3) is 0 Å². The SMILES string of the molecule is CN=C(C)CCN(C)C(=O)OC(C)(C)C. The first-order valence-corrected chi connectivity index (χ1v) is 5.12. The summed E-state index contributed by atoms with van der Waals surface area (Å²) in [7, 11) is 3.49. The Labute approximate surface area is 92.3 Å². The van der Waals surface area contributed by atoms with Crippen LogP contribution >= 0.6 is 0 Å². The maximum atomic E-state index is 11.5. The molecular weight excluding hydrogens is 192 g/mol. The molecule has 0 aromatic rings. The van der Waals surface area contributed by atoms with Crippen LogP contribution in [0.3, 0.4) is 0 Å². The monoisotopic (exact) mass is 214 g/mol. The minimum Gasteiger partial charge on any atom is -0.444 e. The van der Waals surface area contributed by atoms with Crippen LogP contribution in [0.25, 0.3) is 0 Å². The van der Waals surface area contributed by atoms with Gasteiger partial charge >= 0.3 is 6.09 Å². The van der Waals surface area contributed by atoms with Gasteiger partial charge in [0.05, 0.1) is 0 Å². The molecule has 0 heterocycles. The topological polar surface area (TPSA) is 41.9 Å². The lowest BCUT2D eigenvalue weighted by molar-refractivity contribution is 0.0303. The summed E-state index contributed by atoms with van der Waals surface area (Å²) in [5.74, 6) is 0. The molecule has 0 atom stereocenters. The molecule has 0 aromatic carbocycles. The van der Waals surface area contributed by atoms with Crippen molar-refractivity contribution in [1.82, 2.24) is 4.90 Å². The zero-order valence-corrected chi connectivity index (χ0v) is 10.6. The number of hydrogen-bond donors (Lipinski definition) is 0. The molecule has 0 spiro atoms. The molecular formula is C11H22N2O2. The van der Waals surface area contributed by atoms with Crippen molar-refractivity contribution in [3.05, 3.63) is 0 Å². The lowest BCUT2D eigenvalue weighted by Crippen LogP contribution is -2.35. The zero-order valence-electron chi connectivity index (χ0n) is 10.6. The van der Waals surface area contributed by atoms with E-state index >= 15 is 0 Å². The van der Waals surface area contributed by atoms with Crippen LogP contribution in [0.5, 0.6) is 0 Å². The van der Waals surface area contributed by atoms with E-state index in [0.29, 0.717) is 6.54 Å². The summed E-state index contributed by atoms with van der Waals surface area (Å²) in [5, 5.41) is 0. The Bertz CT molecular complexity index is 241. The first kappa shape index (κ1) is 13.9. The fourth-order valence-corrected chi connectivity index (χ4v) is 0.872. The van der Waals surface area contributed by atoms with Gasteiger partial charge in [-0.2, -0.15) is 0 Å². The van der Waals surface area contributed by atoms with Crippen molar-refractivity contribution in [2.24, 2.45) is 4.99 Å². The van der Waals surface area contributed by atoms with Gasteiger partial charge in [-0.05, 0) is 27.7 Å². The molecule has 0 N–H and O–H groups in total. The molecule has 0 aromatic heterocycles. The Kier molecular flexibility index (Phi) is 5.33. The number of amides is 1. The van der Waals surface area contributed by atoms with Gasteiger partial charge in [0.15, 0.2) is 0 Å². The Morgan fingerprint density at radius 2 is 1.93 bits per heavy atom. The molecule has 15 heavy (non-hydrogen) atoms. The van der Waals surface area contributed by atoms with E-state index in [9.17, 15) is 4.79 Å². The summed E-state index contributed by atoms with van der Waals surface area (Å²) in [6.45, 7) is 8.16. The molecule has 0 aliphatic carbocycles. The third-order valence-electron chi connectivity index (χ3n) is 1.90. The molecule has 0 aliphatic heterocycles. The number of aliphatic imine (C=N–C) groups is 1. The highest BCUT2D eigenvalue weighted by molar-refractivity contribution is 5.82. The highest BCUT2D eigenvalue weighted by Crippen LogP contribution is 2.09. The first-order valence-electron chi connectivity index (χ1n) is 5.12. The van der Waals surface area contributed by atoms with Crippen LogP contribution in [0.1, 0.15) is 34.1 Å². The second kappa shape index (κ2) is 5.73. The van der Waals surface area contributed by atoms with Crippen LogP contribution in [-0.4, -0.2) is 42.9 Å². The summed E-state index contributed by atoms with van der Waals surface area (Å²) in [6, 6.07) is 0. The van der Waals surface area contributed by atoms with E-state index in [2.05, 4.69) is 4.99 Å². The molecule has 0 bridgehead atoms. The van der Waals surface area contributed by atoms with Crippen molar-refractivity contribution < 1.29 is 9.53 Å². The van der Waals surface area contributed by atoms with Crippen LogP contribution in [-0.2, 0) is 4.74 Å². The molecule has 0 saturated heterocycles. The third kappa shape index (κ3) is 6.94. The highest BCUT2D eigenvalue weighted by Gasteiger charge is 2.19. The second-order valence-corrected chi connectivity index (χ2v) is 4.61. The predicted molar refractivity (Wildman–Crippen MR) is 62.5 cm³/mol. The van der Waals surface area contributed by atoms with Crippen LogP contribution in [0.15, 0.2) is 4.99 Å². The average Bonchev–Trinajstić information content (AvgIpc) is 2.10. The average molecular weight is 214 g/mol. The summed E-state index contributed by atoms with van der Waals surface area (Å²) in [5.41, 5.74) is 0.601. The van der Waals surface area contributed by atoms with Crippen LogP contribution in [0.4, 0.5) is 4.79 Å². The van der Waals surface area contributed by atoms with Crippen LogP contribution < -0.4 is 0 Å². The summed E-state index contributed by atoms with van der Waals surface area (Å²) >= 11 is 0. The van der Waals surface area contributed by atoms with Crippen molar-refractivity contribution in [2.45, 2.75) is 39.7 Å². The van der Waals surface area contributed by atoms with E-state index in [0.717, 1.165) is 12.1 Å². The van der Waals surface area contributed by atoms with E-state index < -0.39 is 5.60 Å². The second-order valence-electron chi connectivity index (χ2n) is 4.61. The number of nitrogens with zero attached hydrogens (tertiary/aromatic N) is 2. The van der Waals surface area contributed by atoms with E-state index in [1.54, 1.807) is 19.0 Å². The van der Waals surface area contributed by atoms with Crippen molar-refractivity contribution in [2.75, 3.05) is 20.6 Å². The highest BCUT2D eigenvalue weighted by atomic mass is 16.6. The number of carbonyl (C=O) groups is 1. The van der Waals surface area contributed by atoms with Gasteiger partial charge in [-0.3, -0.25) is 4.99 Å². The van der Waals surface area contributed by atoms with Gasteiger partial charge in [0, 0.05) is 32.8 Å². The molecule has 0 aliphatic rings. The van der Waals surface area contributed by atoms with E-state index in [-0.39, 0.29) is 6.09 Å². The predicted octanol–water partition coefficient (Wildman–Crippen LogP) is 2.33. The molecule has 1 amide bonds. The number of carbonyl (C=O) groups excluding carboxylic acids is 1. The van der Waals surface area contributed by atoms with Crippen LogP contribution in [0, 0.1) is 0 Å². The lowest BCUT2D eigenvalue weighted by atomic mass is 10.2. The number of ether oxygens (including phenoxy) is 1. The van der Waals surface area contributed by atoms with Gasteiger partial charge < -0.3 is 9.64 Å². The molecule has 4 heteroatoms. The maximum Gasteiger partial charge on any atom is 0.410 e. The first-order chi connectivity index (χ1) is 6.76. The van der Waals surface area contributed by atoms with Gasteiger partial charge in [0.2, 0.25) is 0 Å². The summed E-state index contributed by atoms with van der Waals surface area (Å²) in [4.78, 5) is 17.1. The van der Waals surface area contributed by atoms with E-state index in [4.69, 9.17) is 4.74 Å². The van der Waals surface area contributed by atoms with Crippen molar-refractivity contribution in [1.29, 1.82) is 0 Å². The van der Waals surface area contributed by atoms with E-state index in [1.165, 1.54) is 0 Å². The van der Waals surface area contributed by atoms with E-state index in [1.807, 2.05) is 27.7 Å². The van der Waals surface area contributed by atoms with Gasteiger partial charge in [0.1, 0.15) is 5.60 Å². The van der Waals surface area contributed by atoms with Crippen LogP contribution in [0.2, 0.25) is 0 Å². The lowest BCUT2D eigenvalue weighted by Gasteiger charge is -2.24. The normalized spacial score (nSPS) is 12.5. The quantitative estimate of drug-likeness (QED) is 0.677. The minimum absolute atomic E-state index is 0.286. The van der Waals surface area contributed by atoms with Crippen molar-refractivity contribution in [3.8, 4) is 0 Å². The smallest absolute Gasteiger partial charge is 0.410 e. The molecule has 88 valence electrons. The standard InChI is InChI=1S/C11H22N2O2/c1-9(12-5)7-8-13(6)10(14)15-11(2,3)4/h7-8H2,1-6H3. The van der Waals surface area contributed by atoms with Gasteiger partial charge in [-0.1, -0.05) is 0 Å². The fraction of sp³-hybridized carbons (Fsp3) is 0.818. The number of rotatable bonds is 3. The van der Waals surface area contributed by atoms with Gasteiger partial charge in [-0.25, -0.2) is 4.79 Å². The fourth-order valence-electron chi connectivity index (χ4n) is 0.872. The maximum absolute atomic E-state index is 11.5. The Morgan fingerprint density at radius 1 is 1.40 bits per heavy atom. The zero-order chi connectivity index (χ0) is 12.1. The Balaban J connectivity index is 4.01. The van der Waals surface area contributed by atoms with Gasteiger partial charge in [-0.15, -0.1) is 0 Å². The molecule has 0 rings (SSSR count). The Hall–Kier alpha value is -1.06. The molecule has 0 unspecified atom stereocenters. The summed E-state index contributed by atoms with van der Waals surface area (Å²) in [6.07, 6.45) is 0.498. The number of hydrogen-bond acceptors (Lipinski definition) is 3.